The lowest BCUT2D eigenvalue weighted by Crippen LogP contribution is -2.15. The van der Waals surface area contributed by atoms with E-state index in [0.29, 0.717) is 23.5 Å². The van der Waals surface area contributed by atoms with Gasteiger partial charge in [-0.05, 0) is 23.8 Å². The van der Waals surface area contributed by atoms with Crippen molar-refractivity contribution in [2.75, 3.05) is 0 Å². The fourth-order valence-corrected chi connectivity index (χ4v) is 2.26. The maximum Gasteiger partial charge on any atom is 0.365 e. The predicted octanol–water partition coefficient (Wildman–Crippen LogP) is 3.74. The average Bonchev–Trinajstić information content (AvgIpc) is 2.72. The Bertz CT molecular complexity index is 893. The maximum absolute atomic E-state index is 12.2. The molecular weight excluding hydrogens is 328 g/mol. The van der Waals surface area contributed by atoms with Crippen molar-refractivity contribution in [3.05, 3.63) is 102 Å². The van der Waals surface area contributed by atoms with Crippen LogP contribution >= 0.6 is 0 Å². The summed E-state index contributed by atoms with van der Waals surface area (Å²) in [6.07, 6.45) is 0. The number of nitrogens with two attached hydrogens (primary N) is 1. The van der Waals surface area contributed by atoms with Gasteiger partial charge in [-0.2, -0.15) is 0 Å². The molecule has 0 aliphatic carbocycles. The van der Waals surface area contributed by atoms with Crippen molar-refractivity contribution >= 4 is 11.8 Å². The summed E-state index contributed by atoms with van der Waals surface area (Å²) in [5, 5.41) is 3.70. The molecular formula is C21H18N2O3. The highest BCUT2D eigenvalue weighted by Crippen LogP contribution is 2.16. The number of hydrogen-bond acceptors (Lipinski definition) is 4. The van der Waals surface area contributed by atoms with E-state index in [-0.39, 0.29) is 5.84 Å². The number of carbonyl (C=O) groups excluding carboxylic acids is 1. The van der Waals surface area contributed by atoms with Crippen molar-refractivity contribution in [1.29, 1.82) is 0 Å². The monoisotopic (exact) mass is 346 g/mol. The smallest absolute Gasteiger partial charge is 0.365 e. The highest BCUT2D eigenvalue weighted by molar-refractivity contribution is 5.98. The van der Waals surface area contributed by atoms with Crippen LogP contribution in [-0.2, 0) is 11.4 Å². The lowest BCUT2D eigenvalue weighted by atomic mass is 10.2. The molecule has 0 spiro atoms. The van der Waals surface area contributed by atoms with Gasteiger partial charge in [-0.1, -0.05) is 71.9 Å². The third-order valence-corrected chi connectivity index (χ3v) is 3.61. The van der Waals surface area contributed by atoms with Crippen LogP contribution in [0, 0.1) is 0 Å². The zero-order valence-electron chi connectivity index (χ0n) is 14.0. The molecule has 0 aliphatic rings. The van der Waals surface area contributed by atoms with Crippen LogP contribution in [0.15, 0.2) is 90.1 Å². The Morgan fingerprint density at radius 3 is 2.23 bits per heavy atom. The molecule has 0 aliphatic heterocycles. The van der Waals surface area contributed by atoms with Gasteiger partial charge in [0.15, 0.2) is 5.84 Å². The zero-order chi connectivity index (χ0) is 18.2. The lowest BCUT2D eigenvalue weighted by Gasteiger charge is -2.07. The predicted molar refractivity (Wildman–Crippen MR) is 99.8 cm³/mol. The summed E-state index contributed by atoms with van der Waals surface area (Å²) in [6.45, 7) is 0.415. The number of rotatable bonds is 6. The minimum Gasteiger partial charge on any atom is -0.489 e. The summed E-state index contributed by atoms with van der Waals surface area (Å²) >= 11 is 0. The maximum atomic E-state index is 12.2. The average molecular weight is 346 g/mol. The van der Waals surface area contributed by atoms with E-state index in [0.717, 1.165) is 5.56 Å². The first-order valence-electron chi connectivity index (χ1n) is 8.09. The van der Waals surface area contributed by atoms with Gasteiger partial charge in [-0.25, -0.2) is 4.79 Å². The molecule has 0 saturated heterocycles. The summed E-state index contributed by atoms with van der Waals surface area (Å²) in [5.74, 6) is 0.104. The normalized spacial score (nSPS) is 11.0. The van der Waals surface area contributed by atoms with Crippen LogP contribution in [0.25, 0.3) is 0 Å². The molecule has 5 nitrogen and oxygen atoms in total. The van der Waals surface area contributed by atoms with Crippen molar-refractivity contribution in [2.45, 2.75) is 6.61 Å². The van der Waals surface area contributed by atoms with Crippen molar-refractivity contribution in [3.8, 4) is 5.75 Å². The Morgan fingerprint density at radius 1 is 0.846 bits per heavy atom. The third kappa shape index (κ3) is 4.70. The Morgan fingerprint density at radius 2 is 1.50 bits per heavy atom. The van der Waals surface area contributed by atoms with Gasteiger partial charge in [-0.15, -0.1) is 0 Å². The zero-order valence-corrected chi connectivity index (χ0v) is 14.0. The van der Waals surface area contributed by atoms with Crippen LogP contribution in [0.2, 0.25) is 0 Å². The van der Waals surface area contributed by atoms with Crippen LogP contribution in [0.5, 0.6) is 5.75 Å². The molecule has 3 aromatic rings. The van der Waals surface area contributed by atoms with Crippen molar-refractivity contribution in [3.63, 3.8) is 0 Å². The summed E-state index contributed by atoms with van der Waals surface area (Å²) in [5.41, 5.74) is 7.87. The SMILES string of the molecule is N/C(=N/OC(=O)c1cccc(OCc2ccccc2)c1)c1ccccc1. The van der Waals surface area contributed by atoms with Gasteiger partial charge in [0.1, 0.15) is 12.4 Å². The number of carbonyl (C=O) groups is 1. The van der Waals surface area contributed by atoms with E-state index < -0.39 is 5.97 Å². The van der Waals surface area contributed by atoms with Crippen molar-refractivity contribution < 1.29 is 14.4 Å². The highest BCUT2D eigenvalue weighted by atomic mass is 16.7. The van der Waals surface area contributed by atoms with Crippen LogP contribution in [0.1, 0.15) is 21.5 Å². The van der Waals surface area contributed by atoms with Crippen LogP contribution < -0.4 is 10.5 Å². The van der Waals surface area contributed by atoms with Gasteiger partial charge in [0.25, 0.3) is 0 Å². The minimum absolute atomic E-state index is 0.135. The third-order valence-electron chi connectivity index (χ3n) is 3.61. The number of oxime groups is 1. The molecule has 0 amide bonds. The van der Waals surface area contributed by atoms with Crippen LogP contribution in [0.4, 0.5) is 0 Å². The first-order valence-corrected chi connectivity index (χ1v) is 8.09. The molecule has 0 saturated carbocycles. The van der Waals surface area contributed by atoms with Gasteiger partial charge >= 0.3 is 5.97 Å². The van der Waals surface area contributed by atoms with E-state index in [1.165, 1.54) is 0 Å². The summed E-state index contributed by atoms with van der Waals surface area (Å²) in [4.78, 5) is 17.1. The summed E-state index contributed by atoms with van der Waals surface area (Å²) < 4.78 is 5.71. The fraction of sp³-hybridized carbons (Fsp3) is 0.0476. The van der Waals surface area contributed by atoms with Gasteiger partial charge in [0, 0.05) is 5.56 Å². The molecule has 0 fully saturated rings. The highest BCUT2D eigenvalue weighted by Gasteiger charge is 2.09. The van der Waals surface area contributed by atoms with Gasteiger partial charge in [0.2, 0.25) is 0 Å². The Labute approximate surface area is 151 Å². The Kier molecular flexibility index (Phi) is 5.62. The van der Waals surface area contributed by atoms with Crippen LogP contribution in [-0.4, -0.2) is 11.8 Å². The first kappa shape index (κ1) is 17.2. The topological polar surface area (TPSA) is 73.9 Å². The molecule has 2 N–H and O–H groups in total. The van der Waals surface area contributed by atoms with Gasteiger partial charge in [0.05, 0.1) is 5.56 Å². The number of nitrogens with zero attached hydrogens (tertiary/aromatic N) is 1. The molecule has 0 bridgehead atoms. The molecule has 0 radical (unpaired) electrons. The van der Waals surface area contributed by atoms with E-state index in [1.54, 1.807) is 36.4 Å². The lowest BCUT2D eigenvalue weighted by molar-refractivity contribution is 0.0515. The largest absolute Gasteiger partial charge is 0.489 e. The second-order valence-electron chi connectivity index (χ2n) is 5.52. The molecule has 0 aromatic heterocycles. The Hall–Kier alpha value is -3.60. The fourth-order valence-electron chi connectivity index (χ4n) is 2.26. The standard InChI is InChI=1S/C21H18N2O3/c22-20(17-10-5-2-6-11-17)23-26-21(24)18-12-7-13-19(14-18)25-15-16-8-3-1-4-9-16/h1-14H,15H2,(H2,22,23). The summed E-state index contributed by atoms with van der Waals surface area (Å²) in [6, 6.07) is 25.6. The Balaban J connectivity index is 1.63. The number of ether oxygens (including phenoxy) is 1. The molecule has 26 heavy (non-hydrogen) atoms. The number of amidine groups is 1. The molecule has 130 valence electrons. The molecule has 3 rings (SSSR count). The van der Waals surface area contributed by atoms with Gasteiger partial charge in [-0.3, -0.25) is 0 Å². The first-order chi connectivity index (χ1) is 12.7. The minimum atomic E-state index is -0.603. The van der Waals surface area contributed by atoms with Gasteiger partial charge < -0.3 is 15.3 Å². The van der Waals surface area contributed by atoms with E-state index in [1.807, 2.05) is 48.5 Å². The van der Waals surface area contributed by atoms with Crippen molar-refractivity contribution in [1.82, 2.24) is 0 Å². The van der Waals surface area contributed by atoms with E-state index in [9.17, 15) is 4.79 Å². The van der Waals surface area contributed by atoms with E-state index in [4.69, 9.17) is 15.3 Å². The molecule has 5 heteroatoms. The summed E-state index contributed by atoms with van der Waals surface area (Å²) in [7, 11) is 0. The second kappa shape index (κ2) is 8.48. The molecule has 0 heterocycles. The molecule has 0 unspecified atom stereocenters. The number of benzene rings is 3. The van der Waals surface area contributed by atoms with Crippen LogP contribution in [0.3, 0.4) is 0 Å². The quantitative estimate of drug-likeness (QED) is 0.319. The van der Waals surface area contributed by atoms with E-state index in [2.05, 4.69) is 5.16 Å². The van der Waals surface area contributed by atoms with Crippen molar-refractivity contribution in [2.24, 2.45) is 10.9 Å². The van der Waals surface area contributed by atoms with E-state index >= 15 is 0 Å². The number of hydrogen-bond donors (Lipinski definition) is 1. The molecule has 3 aromatic carbocycles. The second-order valence-corrected chi connectivity index (χ2v) is 5.52. The molecule has 0 atom stereocenters.